The lowest BCUT2D eigenvalue weighted by atomic mass is 10.1. The zero-order valence-corrected chi connectivity index (χ0v) is 41.8. The van der Waals surface area contributed by atoms with E-state index < -0.39 is 12.1 Å². The molecule has 0 aromatic carbocycles. The van der Waals surface area contributed by atoms with Gasteiger partial charge in [0, 0.05) is 19.3 Å². The molecular formula is C61H88O6. The smallest absolute Gasteiger partial charge is 0.306 e. The van der Waals surface area contributed by atoms with Crippen LogP contribution in [0.1, 0.15) is 162 Å². The van der Waals surface area contributed by atoms with E-state index in [-0.39, 0.29) is 44.4 Å². The molecule has 0 saturated carbocycles. The van der Waals surface area contributed by atoms with Gasteiger partial charge < -0.3 is 14.2 Å². The minimum Gasteiger partial charge on any atom is -0.462 e. The number of ether oxygens (including phenoxy) is 3. The molecule has 0 aromatic heterocycles. The first kappa shape index (κ1) is 61.5. The first-order valence-electron chi connectivity index (χ1n) is 25.4. The highest BCUT2D eigenvalue weighted by Crippen LogP contribution is 2.09. The molecule has 0 aliphatic rings. The van der Waals surface area contributed by atoms with Gasteiger partial charge in [0.1, 0.15) is 13.2 Å². The van der Waals surface area contributed by atoms with Crippen molar-refractivity contribution < 1.29 is 28.6 Å². The Hall–Kier alpha value is -5.49. The van der Waals surface area contributed by atoms with Gasteiger partial charge in [-0.25, -0.2) is 0 Å². The monoisotopic (exact) mass is 917 g/mol. The van der Waals surface area contributed by atoms with Crippen molar-refractivity contribution in [1.82, 2.24) is 0 Å². The molecule has 368 valence electrons. The lowest BCUT2D eigenvalue weighted by molar-refractivity contribution is -0.167. The summed E-state index contributed by atoms with van der Waals surface area (Å²) < 4.78 is 16.6. The van der Waals surface area contributed by atoms with E-state index in [1.807, 2.05) is 48.6 Å². The standard InChI is InChI=1S/C61H88O6/c1-4-7-10-13-16-19-22-25-28-30-33-36-39-42-45-48-51-54-60(63)66-57-58(56-65-59(62)53-50-47-44-41-38-35-32-27-24-21-18-15-12-9-6-3)67-61(64)55-52-49-46-43-40-37-34-31-29-26-23-20-17-14-11-8-5-2/h7-12,15-21,24-29,32-38,42-43,45-46,58H,4-6,13-14,22-23,30-31,39-41,44,47-57H2,1-3H3/b10-7-,11-8-,12-9-,18-15-,19-16-,20-17-,24-21-,28-25-,29-26-,32-27-,36-33-,37-34-,38-35-,45-42-,46-43-. The first-order valence-corrected chi connectivity index (χ1v) is 25.4. The number of hydrogen-bond donors (Lipinski definition) is 0. The van der Waals surface area contributed by atoms with Gasteiger partial charge in [-0.05, 0) is 116 Å². The molecule has 0 aromatic rings. The van der Waals surface area contributed by atoms with E-state index in [1.54, 1.807) is 0 Å². The van der Waals surface area contributed by atoms with E-state index in [9.17, 15) is 14.4 Å². The van der Waals surface area contributed by atoms with Crippen LogP contribution in [0.4, 0.5) is 0 Å². The Morgan fingerprint density at radius 3 is 1.03 bits per heavy atom. The number of hydrogen-bond acceptors (Lipinski definition) is 6. The van der Waals surface area contributed by atoms with Crippen molar-refractivity contribution >= 4 is 17.9 Å². The SMILES string of the molecule is CC\C=C/C=C\C=C/C=C\C=C/CCCCCC(=O)OCC(COC(=O)CCC/C=C\C/C=C\C/C=C\C/C=C\C/C=C\CC)OC(=O)CCC/C=C\C/C=C\C/C=C\C/C=C\C/C=C\CC. The molecule has 0 heterocycles. The second kappa shape index (κ2) is 53.1. The number of carbonyl (C=O) groups excluding carboxylic acids is 3. The Balaban J connectivity index is 4.71. The van der Waals surface area contributed by atoms with Crippen molar-refractivity contribution in [2.24, 2.45) is 0 Å². The molecule has 0 rings (SSSR count). The lowest BCUT2D eigenvalue weighted by Crippen LogP contribution is -2.30. The molecule has 0 bridgehead atoms. The predicted molar refractivity (Wildman–Crippen MR) is 287 cm³/mol. The van der Waals surface area contributed by atoms with Crippen molar-refractivity contribution in [3.63, 3.8) is 0 Å². The summed E-state index contributed by atoms with van der Waals surface area (Å²) in [4.78, 5) is 38.0. The second-order valence-corrected chi connectivity index (χ2v) is 15.7. The zero-order chi connectivity index (χ0) is 48.6. The van der Waals surface area contributed by atoms with Crippen molar-refractivity contribution in [2.75, 3.05) is 13.2 Å². The van der Waals surface area contributed by atoms with Gasteiger partial charge in [0.25, 0.3) is 0 Å². The van der Waals surface area contributed by atoms with Crippen LogP contribution < -0.4 is 0 Å². The Morgan fingerprint density at radius 2 is 0.627 bits per heavy atom. The molecule has 0 saturated heterocycles. The third-order valence-electron chi connectivity index (χ3n) is 9.51. The summed E-state index contributed by atoms with van der Waals surface area (Å²) in [6, 6.07) is 0. The average molecular weight is 917 g/mol. The largest absolute Gasteiger partial charge is 0.462 e. The van der Waals surface area contributed by atoms with Gasteiger partial charge in [0.05, 0.1) is 0 Å². The Morgan fingerprint density at radius 1 is 0.313 bits per heavy atom. The molecule has 1 atom stereocenters. The van der Waals surface area contributed by atoms with Gasteiger partial charge in [-0.1, -0.05) is 209 Å². The van der Waals surface area contributed by atoms with Crippen LogP contribution in [0, 0.1) is 0 Å². The molecule has 0 aliphatic carbocycles. The molecule has 0 amide bonds. The highest BCUT2D eigenvalue weighted by Gasteiger charge is 2.19. The molecule has 0 spiro atoms. The number of rotatable bonds is 42. The Bertz CT molecular complexity index is 1670. The summed E-state index contributed by atoms with van der Waals surface area (Å²) in [5, 5.41) is 0. The predicted octanol–water partition coefficient (Wildman–Crippen LogP) is 17.0. The maximum absolute atomic E-state index is 12.8. The van der Waals surface area contributed by atoms with Crippen LogP contribution in [0.25, 0.3) is 0 Å². The van der Waals surface area contributed by atoms with Crippen LogP contribution in [0.2, 0.25) is 0 Å². The van der Waals surface area contributed by atoms with Gasteiger partial charge in [-0.2, -0.15) is 0 Å². The summed E-state index contributed by atoms with van der Waals surface area (Å²) >= 11 is 0. The zero-order valence-electron chi connectivity index (χ0n) is 41.8. The molecule has 6 heteroatoms. The fourth-order valence-corrected chi connectivity index (χ4v) is 5.83. The van der Waals surface area contributed by atoms with E-state index in [0.29, 0.717) is 19.3 Å². The van der Waals surface area contributed by atoms with E-state index in [0.717, 1.165) is 103 Å². The van der Waals surface area contributed by atoms with Crippen molar-refractivity contribution in [3.05, 3.63) is 182 Å². The minimum atomic E-state index is -0.859. The van der Waals surface area contributed by atoms with Crippen LogP contribution >= 0.6 is 0 Å². The number of carbonyl (C=O) groups is 3. The van der Waals surface area contributed by atoms with Crippen molar-refractivity contribution in [3.8, 4) is 0 Å². The summed E-state index contributed by atoms with van der Waals surface area (Å²) in [7, 11) is 0. The third kappa shape index (κ3) is 51.4. The fourth-order valence-electron chi connectivity index (χ4n) is 5.83. The van der Waals surface area contributed by atoms with Crippen LogP contribution in [-0.2, 0) is 28.6 Å². The van der Waals surface area contributed by atoms with E-state index in [4.69, 9.17) is 14.2 Å². The van der Waals surface area contributed by atoms with Crippen LogP contribution in [-0.4, -0.2) is 37.2 Å². The topological polar surface area (TPSA) is 78.9 Å². The van der Waals surface area contributed by atoms with Crippen LogP contribution in [0.15, 0.2) is 182 Å². The molecule has 0 aliphatic heterocycles. The van der Waals surface area contributed by atoms with Crippen LogP contribution in [0.5, 0.6) is 0 Å². The van der Waals surface area contributed by atoms with Gasteiger partial charge in [-0.3, -0.25) is 14.4 Å². The van der Waals surface area contributed by atoms with Crippen molar-refractivity contribution in [1.29, 1.82) is 0 Å². The molecule has 67 heavy (non-hydrogen) atoms. The Labute approximate surface area is 408 Å². The highest BCUT2D eigenvalue weighted by atomic mass is 16.6. The molecule has 6 nitrogen and oxygen atoms in total. The van der Waals surface area contributed by atoms with E-state index >= 15 is 0 Å². The molecule has 0 radical (unpaired) electrons. The molecule has 0 N–H and O–H groups in total. The number of allylic oxidation sites excluding steroid dienone is 30. The number of esters is 3. The fraction of sp³-hybridized carbons (Fsp3) is 0.459. The van der Waals surface area contributed by atoms with Crippen molar-refractivity contribution in [2.45, 2.75) is 168 Å². The lowest BCUT2D eigenvalue weighted by Gasteiger charge is -2.18. The van der Waals surface area contributed by atoms with Crippen LogP contribution in [0.3, 0.4) is 0 Å². The first-order chi connectivity index (χ1) is 33.0. The highest BCUT2D eigenvalue weighted by molar-refractivity contribution is 5.71. The summed E-state index contributed by atoms with van der Waals surface area (Å²) in [6.07, 6.45) is 80.3. The number of unbranched alkanes of at least 4 members (excludes halogenated alkanes) is 5. The molecule has 0 fully saturated rings. The van der Waals surface area contributed by atoms with E-state index in [1.165, 1.54) is 0 Å². The van der Waals surface area contributed by atoms with E-state index in [2.05, 4.69) is 154 Å². The Kier molecular flexibility index (Phi) is 48.8. The third-order valence-corrected chi connectivity index (χ3v) is 9.51. The molecule has 1 unspecified atom stereocenters. The quantitative estimate of drug-likeness (QED) is 0.0200. The normalized spacial score (nSPS) is 13.7. The summed E-state index contributed by atoms with van der Waals surface area (Å²) in [6.45, 7) is 6.09. The van der Waals surface area contributed by atoms with Gasteiger partial charge in [0.15, 0.2) is 6.10 Å². The molecular weight excluding hydrogens is 829 g/mol. The maximum atomic E-state index is 12.8. The average Bonchev–Trinajstić information content (AvgIpc) is 3.33. The summed E-state index contributed by atoms with van der Waals surface area (Å²) in [5.74, 6) is -1.13. The summed E-state index contributed by atoms with van der Waals surface area (Å²) in [5.41, 5.74) is 0. The minimum absolute atomic E-state index is 0.151. The van der Waals surface area contributed by atoms with Gasteiger partial charge in [0.2, 0.25) is 0 Å². The van der Waals surface area contributed by atoms with Gasteiger partial charge in [-0.15, -0.1) is 0 Å². The van der Waals surface area contributed by atoms with Gasteiger partial charge >= 0.3 is 17.9 Å². The maximum Gasteiger partial charge on any atom is 0.306 e. The second-order valence-electron chi connectivity index (χ2n) is 15.7.